The lowest BCUT2D eigenvalue weighted by Crippen LogP contribution is -2.65. The van der Waals surface area contributed by atoms with Gasteiger partial charge in [0, 0.05) is 13.1 Å². The average molecular weight is 197 g/mol. The van der Waals surface area contributed by atoms with E-state index in [1.54, 1.807) is 0 Å². The van der Waals surface area contributed by atoms with E-state index in [4.69, 9.17) is 0 Å². The van der Waals surface area contributed by atoms with Gasteiger partial charge in [0.15, 0.2) is 0 Å². The molecule has 0 atom stereocenters. The molecule has 1 aliphatic carbocycles. The maximum absolute atomic E-state index is 11.3. The Labute approximate surface area is 85.1 Å². The SMILES string of the molecule is CC1(C)CN(C2(C(=O)O)CCCC2)C1. The van der Waals surface area contributed by atoms with Gasteiger partial charge in [0.05, 0.1) is 0 Å². The molecule has 2 fully saturated rings. The van der Waals surface area contributed by atoms with E-state index in [2.05, 4.69) is 18.7 Å². The van der Waals surface area contributed by atoms with Gasteiger partial charge in [0.25, 0.3) is 0 Å². The van der Waals surface area contributed by atoms with Gasteiger partial charge in [-0.15, -0.1) is 0 Å². The fourth-order valence-electron chi connectivity index (χ4n) is 2.91. The summed E-state index contributed by atoms with van der Waals surface area (Å²) in [5.41, 5.74) is -0.180. The third-order valence-electron chi connectivity index (χ3n) is 3.67. The number of hydrogen-bond acceptors (Lipinski definition) is 2. The van der Waals surface area contributed by atoms with Crippen LogP contribution in [-0.2, 0) is 4.79 Å². The largest absolute Gasteiger partial charge is 0.480 e. The van der Waals surface area contributed by atoms with E-state index in [1.807, 2.05) is 0 Å². The van der Waals surface area contributed by atoms with Crippen LogP contribution in [-0.4, -0.2) is 34.6 Å². The van der Waals surface area contributed by atoms with Crippen LogP contribution in [0.25, 0.3) is 0 Å². The van der Waals surface area contributed by atoms with E-state index in [1.165, 1.54) is 0 Å². The molecule has 80 valence electrons. The van der Waals surface area contributed by atoms with E-state index in [0.29, 0.717) is 5.41 Å². The normalized spacial score (nSPS) is 29.9. The van der Waals surface area contributed by atoms with Crippen molar-refractivity contribution < 1.29 is 9.90 Å². The van der Waals surface area contributed by atoms with Crippen LogP contribution in [0.15, 0.2) is 0 Å². The predicted molar refractivity (Wildman–Crippen MR) is 54.2 cm³/mol. The Morgan fingerprint density at radius 2 is 1.71 bits per heavy atom. The molecule has 14 heavy (non-hydrogen) atoms. The van der Waals surface area contributed by atoms with E-state index in [0.717, 1.165) is 38.8 Å². The molecule has 1 saturated carbocycles. The molecule has 1 saturated heterocycles. The van der Waals surface area contributed by atoms with Crippen LogP contribution in [0.3, 0.4) is 0 Å². The van der Waals surface area contributed by atoms with E-state index in [-0.39, 0.29) is 0 Å². The van der Waals surface area contributed by atoms with Gasteiger partial charge in [-0.1, -0.05) is 26.7 Å². The second-order valence-corrected chi connectivity index (χ2v) is 5.56. The number of likely N-dealkylation sites (tertiary alicyclic amines) is 1. The number of carboxylic acid groups (broad SMARTS) is 1. The van der Waals surface area contributed by atoms with Crippen LogP contribution < -0.4 is 0 Å². The summed E-state index contributed by atoms with van der Waals surface area (Å²) in [5, 5.41) is 9.33. The van der Waals surface area contributed by atoms with Crippen molar-refractivity contribution >= 4 is 5.97 Å². The van der Waals surface area contributed by atoms with Gasteiger partial charge in [-0.2, -0.15) is 0 Å². The summed E-state index contributed by atoms with van der Waals surface area (Å²) in [6, 6.07) is 0. The van der Waals surface area contributed by atoms with Crippen LogP contribution in [0, 0.1) is 5.41 Å². The fraction of sp³-hybridized carbons (Fsp3) is 0.909. The molecule has 1 heterocycles. The fourth-order valence-corrected chi connectivity index (χ4v) is 2.91. The second kappa shape index (κ2) is 2.96. The maximum atomic E-state index is 11.3. The summed E-state index contributed by atoms with van der Waals surface area (Å²) in [5.74, 6) is -0.606. The summed E-state index contributed by atoms with van der Waals surface area (Å²) < 4.78 is 0. The van der Waals surface area contributed by atoms with Crippen molar-refractivity contribution in [1.29, 1.82) is 0 Å². The molecule has 2 rings (SSSR count). The quantitative estimate of drug-likeness (QED) is 0.733. The Balaban J connectivity index is 2.10. The van der Waals surface area contributed by atoms with Gasteiger partial charge in [-0.05, 0) is 18.3 Å². The Morgan fingerprint density at radius 1 is 1.21 bits per heavy atom. The summed E-state index contributed by atoms with van der Waals surface area (Å²) in [6.45, 7) is 6.29. The first kappa shape index (κ1) is 9.97. The highest BCUT2D eigenvalue weighted by molar-refractivity contribution is 5.79. The standard InChI is InChI=1S/C11H19NO2/c1-10(2)7-12(8-10)11(9(13)14)5-3-4-6-11/h3-8H2,1-2H3,(H,13,14). The zero-order chi connectivity index (χ0) is 10.4. The van der Waals surface area contributed by atoms with Gasteiger partial charge < -0.3 is 5.11 Å². The maximum Gasteiger partial charge on any atom is 0.324 e. The summed E-state index contributed by atoms with van der Waals surface area (Å²) in [7, 11) is 0. The Bertz CT molecular complexity index is 246. The van der Waals surface area contributed by atoms with E-state index >= 15 is 0 Å². The van der Waals surface area contributed by atoms with Crippen LogP contribution >= 0.6 is 0 Å². The summed E-state index contributed by atoms with van der Waals surface area (Å²) in [4.78, 5) is 13.5. The molecule has 2 aliphatic rings. The zero-order valence-corrected chi connectivity index (χ0v) is 9.05. The lowest BCUT2D eigenvalue weighted by Gasteiger charge is -2.53. The van der Waals surface area contributed by atoms with Crippen LogP contribution in [0.1, 0.15) is 39.5 Å². The summed E-state index contributed by atoms with van der Waals surface area (Å²) in [6.07, 6.45) is 3.84. The van der Waals surface area contributed by atoms with Crippen molar-refractivity contribution in [2.24, 2.45) is 5.41 Å². The smallest absolute Gasteiger partial charge is 0.324 e. The van der Waals surface area contributed by atoms with Crippen LogP contribution in [0.5, 0.6) is 0 Å². The molecule has 1 aliphatic heterocycles. The first-order chi connectivity index (χ1) is 6.46. The minimum Gasteiger partial charge on any atom is -0.480 e. The van der Waals surface area contributed by atoms with Gasteiger partial charge in [0.2, 0.25) is 0 Å². The highest BCUT2D eigenvalue weighted by atomic mass is 16.4. The Hall–Kier alpha value is -0.570. The van der Waals surface area contributed by atoms with Gasteiger partial charge in [0.1, 0.15) is 5.54 Å². The first-order valence-electron chi connectivity index (χ1n) is 5.45. The topological polar surface area (TPSA) is 40.5 Å². The molecule has 0 bridgehead atoms. The molecule has 0 aromatic rings. The molecule has 1 N–H and O–H groups in total. The number of carboxylic acids is 1. The van der Waals surface area contributed by atoms with E-state index in [9.17, 15) is 9.90 Å². The minimum absolute atomic E-state index is 0.324. The van der Waals surface area contributed by atoms with Crippen molar-refractivity contribution in [2.75, 3.05) is 13.1 Å². The molecule has 0 amide bonds. The minimum atomic E-state index is -0.606. The van der Waals surface area contributed by atoms with Crippen molar-refractivity contribution in [2.45, 2.75) is 45.1 Å². The average Bonchev–Trinajstić information content (AvgIpc) is 2.48. The van der Waals surface area contributed by atoms with Gasteiger partial charge in [-0.25, -0.2) is 0 Å². The first-order valence-corrected chi connectivity index (χ1v) is 5.45. The van der Waals surface area contributed by atoms with Crippen LogP contribution in [0.4, 0.5) is 0 Å². The molecule has 0 spiro atoms. The number of aliphatic carboxylic acids is 1. The number of carbonyl (C=O) groups is 1. The molecular formula is C11H19NO2. The molecule has 0 unspecified atom stereocenters. The predicted octanol–water partition coefficient (Wildman–Crippen LogP) is 1.73. The molecule has 0 aromatic carbocycles. The van der Waals surface area contributed by atoms with Crippen molar-refractivity contribution in [3.63, 3.8) is 0 Å². The monoisotopic (exact) mass is 197 g/mol. The Kier molecular flexibility index (Phi) is 2.11. The number of hydrogen-bond donors (Lipinski definition) is 1. The molecule has 3 nitrogen and oxygen atoms in total. The third-order valence-corrected chi connectivity index (χ3v) is 3.67. The highest BCUT2D eigenvalue weighted by Gasteiger charge is 2.52. The van der Waals surface area contributed by atoms with Crippen molar-refractivity contribution in [3.8, 4) is 0 Å². The molecule has 0 radical (unpaired) electrons. The van der Waals surface area contributed by atoms with Gasteiger partial charge >= 0.3 is 5.97 Å². The number of nitrogens with zero attached hydrogens (tertiary/aromatic N) is 1. The lowest BCUT2D eigenvalue weighted by molar-refractivity contribution is -0.160. The van der Waals surface area contributed by atoms with Gasteiger partial charge in [-0.3, -0.25) is 9.69 Å². The number of rotatable bonds is 2. The van der Waals surface area contributed by atoms with Crippen LogP contribution in [0.2, 0.25) is 0 Å². The zero-order valence-electron chi connectivity index (χ0n) is 9.05. The Morgan fingerprint density at radius 3 is 2.07 bits per heavy atom. The van der Waals surface area contributed by atoms with Crippen molar-refractivity contribution in [3.05, 3.63) is 0 Å². The molecule has 3 heteroatoms. The third kappa shape index (κ3) is 1.34. The lowest BCUT2D eigenvalue weighted by atomic mass is 9.78. The molecule has 0 aromatic heterocycles. The second-order valence-electron chi connectivity index (χ2n) is 5.56. The highest BCUT2D eigenvalue weighted by Crippen LogP contribution is 2.43. The summed E-state index contributed by atoms with van der Waals surface area (Å²) >= 11 is 0. The molecular weight excluding hydrogens is 178 g/mol. The van der Waals surface area contributed by atoms with Crippen molar-refractivity contribution in [1.82, 2.24) is 4.90 Å². The van der Waals surface area contributed by atoms with E-state index < -0.39 is 11.5 Å².